The lowest BCUT2D eigenvalue weighted by atomic mass is 10.1. The van der Waals surface area contributed by atoms with Crippen LogP contribution in [0.1, 0.15) is 26.8 Å². The fourth-order valence-corrected chi connectivity index (χ4v) is 1.74. The SMILES string of the molecule is CC(C)C(C)n1ccc2cnc(N)cc21. The van der Waals surface area contributed by atoms with E-state index in [0.29, 0.717) is 17.8 Å². The zero-order chi connectivity index (χ0) is 11.0. The van der Waals surface area contributed by atoms with Crippen molar-refractivity contribution in [2.75, 3.05) is 5.73 Å². The normalized spacial score (nSPS) is 13.6. The molecule has 80 valence electrons. The molecule has 2 aromatic rings. The lowest BCUT2D eigenvalue weighted by Gasteiger charge is -2.19. The van der Waals surface area contributed by atoms with Gasteiger partial charge in [0, 0.05) is 29.9 Å². The van der Waals surface area contributed by atoms with Crippen LogP contribution < -0.4 is 5.73 Å². The van der Waals surface area contributed by atoms with Gasteiger partial charge in [0.1, 0.15) is 5.82 Å². The molecule has 0 radical (unpaired) electrons. The third-order valence-corrected chi connectivity index (χ3v) is 3.03. The molecule has 0 aliphatic carbocycles. The maximum atomic E-state index is 5.70. The van der Waals surface area contributed by atoms with Gasteiger partial charge in [-0.15, -0.1) is 0 Å². The molecular formula is C12H17N3. The van der Waals surface area contributed by atoms with Crippen molar-refractivity contribution in [3.63, 3.8) is 0 Å². The van der Waals surface area contributed by atoms with Crippen LogP contribution >= 0.6 is 0 Å². The van der Waals surface area contributed by atoms with Gasteiger partial charge in [-0.1, -0.05) is 13.8 Å². The van der Waals surface area contributed by atoms with Crippen molar-refractivity contribution in [1.29, 1.82) is 0 Å². The van der Waals surface area contributed by atoms with Crippen LogP contribution in [0.2, 0.25) is 0 Å². The van der Waals surface area contributed by atoms with Crippen LogP contribution in [0, 0.1) is 5.92 Å². The Morgan fingerprint density at radius 1 is 1.33 bits per heavy atom. The van der Waals surface area contributed by atoms with E-state index in [2.05, 4.69) is 42.6 Å². The van der Waals surface area contributed by atoms with Gasteiger partial charge in [0.05, 0.1) is 5.52 Å². The molecule has 15 heavy (non-hydrogen) atoms. The van der Waals surface area contributed by atoms with Gasteiger partial charge in [-0.2, -0.15) is 0 Å². The molecule has 2 rings (SSSR count). The fraction of sp³-hybridized carbons (Fsp3) is 0.417. The van der Waals surface area contributed by atoms with Crippen molar-refractivity contribution in [3.05, 3.63) is 24.5 Å². The minimum absolute atomic E-state index is 0.476. The Kier molecular flexibility index (Phi) is 2.39. The highest BCUT2D eigenvalue weighted by atomic mass is 15.0. The molecule has 0 aliphatic rings. The summed E-state index contributed by atoms with van der Waals surface area (Å²) in [6.07, 6.45) is 3.94. The summed E-state index contributed by atoms with van der Waals surface area (Å²) in [6.45, 7) is 6.67. The number of hydrogen-bond acceptors (Lipinski definition) is 2. The van der Waals surface area contributed by atoms with Crippen LogP contribution in [0.15, 0.2) is 24.5 Å². The lowest BCUT2D eigenvalue weighted by molar-refractivity contribution is 0.418. The van der Waals surface area contributed by atoms with E-state index in [1.165, 1.54) is 5.52 Å². The molecule has 2 N–H and O–H groups in total. The largest absolute Gasteiger partial charge is 0.384 e. The van der Waals surface area contributed by atoms with E-state index in [1.807, 2.05) is 12.3 Å². The van der Waals surface area contributed by atoms with Crippen molar-refractivity contribution in [3.8, 4) is 0 Å². The standard InChI is InChI=1S/C12H17N3/c1-8(2)9(3)15-5-4-10-7-14-12(13)6-11(10)15/h4-9H,1-3H3,(H2,13,14). The molecule has 0 aromatic carbocycles. The van der Waals surface area contributed by atoms with E-state index in [9.17, 15) is 0 Å². The predicted octanol–water partition coefficient (Wildman–Crippen LogP) is 2.84. The summed E-state index contributed by atoms with van der Waals surface area (Å²) in [4.78, 5) is 4.09. The minimum atomic E-state index is 0.476. The van der Waals surface area contributed by atoms with Gasteiger partial charge in [0.25, 0.3) is 0 Å². The van der Waals surface area contributed by atoms with Crippen LogP contribution in [0.4, 0.5) is 5.82 Å². The third-order valence-electron chi connectivity index (χ3n) is 3.03. The molecule has 0 aliphatic heterocycles. The molecule has 3 heteroatoms. The number of hydrogen-bond donors (Lipinski definition) is 1. The first-order valence-corrected chi connectivity index (χ1v) is 5.31. The number of nitrogen functional groups attached to an aromatic ring is 1. The predicted molar refractivity (Wildman–Crippen MR) is 63.7 cm³/mol. The summed E-state index contributed by atoms with van der Waals surface area (Å²) < 4.78 is 2.26. The van der Waals surface area contributed by atoms with Gasteiger partial charge in [-0.25, -0.2) is 4.98 Å². The molecular weight excluding hydrogens is 186 g/mol. The van der Waals surface area contributed by atoms with Crippen molar-refractivity contribution < 1.29 is 0 Å². The Labute approximate surface area is 89.9 Å². The Morgan fingerprint density at radius 3 is 2.73 bits per heavy atom. The molecule has 0 fully saturated rings. The van der Waals surface area contributed by atoms with Crippen molar-refractivity contribution >= 4 is 16.7 Å². The van der Waals surface area contributed by atoms with Crippen LogP contribution in [-0.4, -0.2) is 9.55 Å². The van der Waals surface area contributed by atoms with Crippen LogP contribution in [-0.2, 0) is 0 Å². The maximum Gasteiger partial charge on any atom is 0.125 e. The summed E-state index contributed by atoms with van der Waals surface area (Å²) in [5.74, 6) is 1.19. The van der Waals surface area contributed by atoms with E-state index in [0.717, 1.165) is 5.39 Å². The molecule has 0 spiro atoms. The van der Waals surface area contributed by atoms with Crippen molar-refractivity contribution in [2.24, 2.45) is 5.92 Å². The summed E-state index contributed by atoms with van der Waals surface area (Å²) in [5, 5.41) is 1.15. The number of fused-ring (bicyclic) bond motifs is 1. The number of nitrogens with two attached hydrogens (primary N) is 1. The van der Waals surface area contributed by atoms with Gasteiger partial charge < -0.3 is 10.3 Å². The van der Waals surface area contributed by atoms with Crippen LogP contribution in [0.5, 0.6) is 0 Å². The number of aromatic nitrogens is 2. The average molecular weight is 203 g/mol. The Hall–Kier alpha value is -1.51. The second-order valence-corrected chi connectivity index (χ2v) is 4.38. The van der Waals surface area contributed by atoms with Gasteiger partial charge in [0.15, 0.2) is 0 Å². The Bertz CT molecular complexity index is 471. The first kappa shape index (κ1) is 10.0. The molecule has 0 amide bonds. The number of nitrogens with zero attached hydrogens (tertiary/aromatic N) is 2. The quantitative estimate of drug-likeness (QED) is 0.815. The van der Waals surface area contributed by atoms with Gasteiger partial charge in [-0.3, -0.25) is 0 Å². The fourth-order valence-electron chi connectivity index (χ4n) is 1.74. The molecule has 2 aromatic heterocycles. The highest BCUT2D eigenvalue weighted by Crippen LogP contribution is 2.24. The topological polar surface area (TPSA) is 43.8 Å². The van der Waals surface area contributed by atoms with Crippen molar-refractivity contribution in [2.45, 2.75) is 26.8 Å². The Balaban J connectivity index is 2.56. The van der Waals surface area contributed by atoms with Crippen molar-refractivity contribution in [1.82, 2.24) is 9.55 Å². The summed E-state index contributed by atoms with van der Waals surface area (Å²) in [7, 11) is 0. The summed E-state index contributed by atoms with van der Waals surface area (Å²) in [6, 6.07) is 4.50. The highest BCUT2D eigenvalue weighted by Gasteiger charge is 2.11. The molecule has 0 bridgehead atoms. The Morgan fingerprint density at radius 2 is 2.07 bits per heavy atom. The second-order valence-electron chi connectivity index (χ2n) is 4.38. The monoisotopic (exact) mass is 203 g/mol. The molecule has 0 saturated carbocycles. The van der Waals surface area contributed by atoms with Crippen LogP contribution in [0.25, 0.3) is 10.9 Å². The smallest absolute Gasteiger partial charge is 0.125 e. The summed E-state index contributed by atoms with van der Waals surface area (Å²) in [5.41, 5.74) is 6.87. The molecule has 2 heterocycles. The minimum Gasteiger partial charge on any atom is -0.384 e. The number of anilines is 1. The molecule has 1 unspecified atom stereocenters. The van der Waals surface area contributed by atoms with Crippen LogP contribution in [0.3, 0.4) is 0 Å². The number of rotatable bonds is 2. The average Bonchev–Trinajstić information content (AvgIpc) is 2.59. The lowest BCUT2D eigenvalue weighted by Crippen LogP contribution is -2.10. The van der Waals surface area contributed by atoms with E-state index >= 15 is 0 Å². The van der Waals surface area contributed by atoms with Gasteiger partial charge in [-0.05, 0) is 18.9 Å². The van der Waals surface area contributed by atoms with E-state index in [1.54, 1.807) is 0 Å². The first-order valence-electron chi connectivity index (χ1n) is 5.31. The van der Waals surface area contributed by atoms with E-state index in [-0.39, 0.29) is 0 Å². The molecule has 1 atom stereocenters. The van der Waals surface area contributed by atoms with E-state index < -0.39 is 0 Å². The second kappa shape index (κ2) is 3.57. The number of pyridine rings is 1. The maximum absolute atomic E-state index is 5.70. The van der Waals surface area contributed by atoms with E-state index in [4.69, 9.17) is 5.73 Å². The van der Waals surface area contributed by atoms with Gasteiger partial charge in [0.2, 0.25) is 0 Å². The third kappa shape index (κ3) is 1.69. The van der Waals surface area contributed by atoms with Gasteiger partial charge >= 0.3 is 0 Å². The summed E-state index contributed by atoms with van der Waals surface area (Å²) >= 11 is 0. The first-order chi connectivity index (χ1) is 7.09. The highest BCUT2D eigenvalue weighted by molar-refractivity contribution is 5.81. The zero-order valence-electron chi connectivity index (χ0n) is 9.44. The molecule has 3 nitrogen and oxygen atoms in total. The molecule has 0 saturated heterocycles. The zero-order valence-corrected chi connectivity index (χ0v) is 9.44.